The third-order valence-corrected chi connectivity index (χ3v) is 5.91. The van der Waals surface area contributed by atoms with E-state index in [0.717, 1.165) is 28.8 Å². The normalized spacial score (nSPS) is 12.5. The van der Waals surface area contributed by atoms with Gasteiger partial charge in [-0.3, -0.25) is 4.79 Å². The number of fused-ring (bicyclic) bond motifs is 1. The molecule has 0 fully saturated rings. The van der Waals surface area contributed by atoms with Crippen LogP contribution in [0.5, 0.6) is 11.5 Å². The molecular formula is C26H22ClF3N2O3. The Morgan fingerprint density at radius 3 is 2.69 bits per heavy atom. The fourth-order valence-corrected chi connectivity index (χ4v) is 3.98. The third-order valence-electron chi connectivity index (χ3n) is 5.54. The first-order chi connectivity index (χ1) is 16.7. The molecule has 0 unspecified atom stereocenters. The molecule has 0 aliphatic carbocycles. The van der Waals surface area contributed by atoms with E-state index in [1.807, 2.05) is 26.0 Å². The highest BCUT2D eigenvalue weighted by molar-refractivity contribution is 6.18. The highest BCUT2D eigenvalue weighted by atomic mass is 35.5. The monoisotopic (exact) mass is 502 g/mol. The Morgan fingerprint density at radius 2 is 1.97 bits per heavy atom. The lowest BCUT2D eigenvalue weighted by atomic mass is 9.99. The van der Waals surface area contributed by atoms with Crippen LogP contribution < -0.4 is 10.1 Å². The molecule has 0 aliphatic heterocycles. The largest absolute Gasteiger partial charge is 0.462 e. The summed E-state index contributed by atoms with van der Waals surface area (Å²) in [6.45, 7) is 3.99. The van der Waals surface area contributed by atoms with Gasteiger partial charge in [-0.15, -0.1) is 11.6 Å². The van der Waals surface area contributed by atoms with E-state index in [0.29, 0.717) is 11.9 Å². The molecule has 4 aromatic rings. The Kier molecular flexibility index (Phi) is 7.03. The molecule has 0 saturated heterocycles. The number of carbonyl (C=O) groups is 1. The quantitative estimate of drug-likeness (QED) is 0.281. The van der Waals surface area contributed by atoms with E-state index in [1.165, 1.54) is 24.6 Å². The summed E-state index contributed by atoms with van der Waals surface area (Å²) in [7, 11) is 0. The van der Waals surface area contributed by atoms with Crippen LogP contribution in [0.2, 0.25) is 0 Å². The molecule has 2 heterocycles. The van der Waals surface area contributed by atoms with Gasteiger partial charge in [-0.05, 0) is 49.6 Å². The number of benzene rings is 2. The second-order valence-electron chi connectivity index (χ2n) is 8.22. The van der Waals surface area contributed by atoms with E-state index in [1.54, 1.807) is 6.07 Å². The average Bonchev–Trinajstić information content (AvgIpc) is 3.28. The molecule has 182 valence electrons. The smallest absolute Gasteiger partial charge is 0.416 e. The SMILES string of the molecule is Cc1ccc(C[C@H](CCl)NC(=O)c2c(Oc3cccc(C(F)(F)F)c3)cnc3ccoc23)c(C)c1. The van der Waals surface area contributed by atoms with Gasteiger partial charge in [-0.1, -0.05) is 29.8 Å². The summed E-state index contributed by atoms with van der Waals surface area (Å²) < 4.78 is 50.6. The van der Waals surface area contributed by atoms with Gasteiger partial charge in [-0.2, -0.15) is 13.2 Å². The van der Waals surface area contributed by atoms with Crippen molar-refractivity contribution in [2.24, 2.45) is 0 Å². The number of hydrogen-bond acceptors (Lipinski definition) is 4. The average molecular weight is 503 g/mol. The first-order valence-electron chi connectivity index (χ1n) is 10.8. The molecule has 2 aromatic carbocycles. The van der Waals surface area contributed by atoms with Crippen molar-refractivity contribution in [3.05, 3.63) is 88.8 Å². The number of rotatable bonds is 7. The summed E-state index contributed by atoms with van der Waals surface area (Å²) >= 11 is 6.17. The maximum Gasteiger partial charge on any atom is 0.416 e. The number of aromatic nitrogens is 1. The van der Waals surface area contributed by atoms with E-state index in [-0.39, 0.29) is 28.5 Å². The second-order valence-corrected chi connectivity index (χ2v) is 8.53. The van der Waals surface area contributed by atoms with Crippen LogP contribution in [0.4, 0.5) is 13.2 Å². The molecular weight excluding hydrogens is 481 g/mol. The van der Waals surface area contributed by atoms with Gasteiger partial charge >= 0.3 is 6.18 Å². The van der Waals surface area contributed by atoms with Crippen molar-refractivity contribution in [3.63, 3.8) is 0 Å². The summed E-state index contributed by atoms with van der Waals surface area (Å²) in [5.41, 5.74) is 2.97. The van der Waals surface area contributed by atoms with Gasteiger partial charge in [0.2, 0.25) is 0 Å². The Hall–Kier alpha value is -3.52. The van der Waals surface area contributed by atoms with Gasteiger partial charge < -0.3 is 14.5 Å². The molecule has 0 aliphatic rings. The highest BCUT2D eigenvalue weighted by Crippen LogP contribution is 2.35. The molecule has 0 bridgehead atoms. The molecule has 1 amide bonds. The van der Waals surface area contributed by atoms with Crippen molar-refractivity contribution in [1.29, 1.82) is 0 Å². The lowest BCUT2D eigenvalue weighted by molar-refractivity contribution is -0.137. The fraction of sp³-hybridized carbons (Fsp3) is 0.231. The molecule has 5 nitrogen and oxygen atoms in total. The van der Waals surface area contributed by atoms with Crippen LogP contribution in [-0.2, 0) is 12.6 Å². The predicted octanol–water partition coefficient (Wildman–Crippen LogP) is 6.84. The number of carbonyl (C=O) groups excluding carboxylic acids is 1. The first-order valence-corrected chi connectivity index (χ1v) is 11.3. The minimum atomic E-state index is -4.54. The third kappa shape index (κ3) is 5.59. The molecule has 1 atom stereocenters. The van der Waals surface area contributed by atoms with Crippen LogP contribution in [0.15, 0.2) is 65.4 Å². The lowest BCUT2D eigenvalue weighted by Crippen LogP contribution is -2.38. The summed E-state index contributed by atoms with van der Waals surface area (Å²) in [5.74, 6) is -0.519. The van der Waals surface area contributed by atoms with Crippen LogP contribution in [-0.4, -0.2) is 22.8 Å². The molecule has 2 aromatic heterocycles. The minimum absolute atomic E-state index is 0.0214. The van der Waals surface area contributed by atoms with Crippen molar-refractivity contribution < 1.29 is 27.1 Å². The molecule has 1 N–H and O–H groups in total. The maximum atomic E-state index is 13.4. The zero-order chi connectivity index (χ0) is 25.2. The topological polar surface area (TPSA) is 64.4 Å². The number of hydrogen-bond donors (Lipinski definition) is 1. The standard InChI is InChI=1S/C26H22ClF3N2O3/c1-15-6-7-17(16(2)10-15)11-19(13-27)32-25(33)23-22(14-31-21-8-9-34-24(21)23)35-20-5-3-4-18(12-20)26(28,29)30/h3-10,12,14,19H,11,13H2,1-2H3,(H,32,33)/t19-/m1/s1. The summed E-state index contributed by atoms with van der Waals surface area (Å²) in [6, 6.07) is 11.6. The van der Waals surface area contributed by atoms with E-state index >= 15 is 0 Å². The van der Waals surface area contributed by atoms with Gasteiger partial charge in [0.25, 0.3) is 5.91 Å². The van der Waals surface area contributed by atoms with Crippen molar-refractivity contribution >= 4 is 28.6 Å². The van der Waals surface area contributed by atoms with Crippen LogP contribution in [0.3, 0.4) is 0 Å². The number of aryl methyl sites for hydroxylation is 2. The molecule has 0 saturated carbocycles. The number of nitrogens with one attached hydrogen (secondary N) is 1. The van der Waals surface area contributed by atoms with E-state index in [2.05, 4.69) is 16.4 Å². The molecule has 0 radical (unpaired) electrons. The second kappa shape index (κ2) is 10.00. The minimum Gasteiger partial charge on any atom is -0.462 e. The first kappa shape index (κ1) is 24.6. The Balaban J connectivity index is 1.64. The number of furan rings is 1. The van der Waals surface area contributed by atoms with Gasteiger partial charge in [0.05, 0.1) is 18.0 Å². The molecule has 4 rings (SSSR count). The Labute approximate surface area is 204 Å². The number of alkyl halides is 4. The number of ether oxygens (including phenoxy) is 1. The zero-order valence-corrected chi connectivity index (χ0v) is 19.7. The van der Waals surface area contributed by atoms with Crippen LogP contribution in [0.1, 0.15) is 32.6 Å². The van der Waals surface area contributed by atoms with E-state index < -0.39 is 23.7 Å². The van der Waals surface area contributed by atoms with E-state index in [4.69, 9.17) is 20.8 Å². The number of halogens is 4. The summed E-state index contributed by atoms with van der Waals surface area (Å²) in [5, 5.41) is 2.90. The number of pyridine rings is 1. The Morgan fingerprint density at radius 1 is 1.17 bits per heavy atom. The van der Waals surface area contributed by atoms with Crippen molar-refractivity contribution in [3.8, 4) is 11.5 Å². The Bertz CT molecular complexity index is 1370. The summed E-state index contributed by atoms with van der Waals surface area (Å²) in [6.07, 6.45) is -1.38. The van der Waals surface area contributed by atoms with Crippen LogP contribution in [0.25, 0.3) is 11.1 Å². The van der Waals surface area contributed by atoms with Crippen LogP contribution in [0, 0.1) is 13.8 Å². The van der Waals surface area contributed by atoms with Gasteiger partial charge in [-0.25, -0.2) is 4.98 Å². The van der Waals surface area contributed by atoms with Crippen molar-refractivity contribution in [2.75, 3.05) is 5.88 Å². The van der Waals surface area contributed by atoms with Gasteiger partial charge in [0, 0.05) is 18.0 Å². The molecule has 35 heavy (non-hydrogen) atoms. The number of nitrogens with zero attached hydrogens (tertiary/aromatic N) is 1. The van der Waals surface area contributed by atoms with E-state index in [9.17, 15) is 18.0 Å². The maximum absolute atomic E-state index is 13.4. The number of amides is 1. The zero-order valence-electron chi connectivity index (χ0n) is 18.9. The molecule has 0 spiro atoms. The molecule has 9 heteroatoms. The highest BCUT2D eigenvalue weighted by Gasteiger charge is 2.31. The fourth-order valence-electron chi connectivity index (χ4n) is 3.79. The predicted molar refractivity (Wildman–Crippen MR) is 127 cm³/mol. The van der Waals surface area contributed by atoms with Crippen molar-refractivity contribution in [2.45, 2.75) is 32.5 Å². The lowest BCUT2D eigenvalue weighted by Gasteiger charge is -2.19. The van der Waals surface area contributed by atoms with Crippen LogP contribution >= 0.6 is 11.6 Å². The van der Waals surface area contributed by atoms with Gasteiger partial charge in [0.15, 0.2) is 11.3 Å². The summed E-state index contributed by atoms with van der Waals surface area (Å²) in [4.78, 5) is 17.6. The van der Waals surface area contributed by atoms with Crippen molar-refractivity contribution in [1.82, 2.24) is 10.3 Å². The van der Waals surface area contributed by atoms with Gasteiger partial charge in [0.1, 0.15) is 16.8 Å².